The van der Waals surface area contributed by atoms with Crippen LogP contribution in [0.5, 0.6) is 0 Å². The number of nitrogens with one attached hydrogen (secondary N) is 1. The maximum atomic E-state index is 12.8. The van der Waals surface area contributed by atoms with E-state index in [2.05, 4.69) is 22.9 Å². The van der Waals surface area contributed by atoms with E-state index in [0.717, 1.165) is 33.4 Å². The van der Waals surface area contributed by atoms with Gasteiger partial charge in [0, 0.05) is 23.6 Å². The van der Waals surface area contributed by atoms with Crippen molar-refractivity contribution in [2.75, 3.05) is 4.72 Å². The van der Waals surface area contributed by atoms with Crippen molar-refractivity contribution >= 4 is 21.3 Å². The molecule has 0 saturated carbocycles. The van der Waals surface area contributed by atoms with Crippen LogP contribution in [-0.2, 0) is 10.0 Å². The summed E-state index contributed by atoms with van der Waals surface area (Å²) in [6.45, 7) is 11.4. The Morgan fingerprint density at radius 2 is 1.70 bits per heavy atom. The lowest BCUT2D eigenvalue weighted by Gasteiger charge is -2.13. The molecule has 0 atom stereocenters. The van der Waals surface area contributed by atoms with Gasteiger partial charge in [-0.2, -0.15) is 0 Å². The van der Waals surface area contributed by atoms with Crippen LogP contribution in [-0.4, -0.2) is 13.4 Å². The zero-order valence-electron chi connectivity index (χ0n) is 17.1. The number of hydrogen-bond donors (Lipinski definition) is 1. The van der Waals surface area contributed by atoms with Crippen LogP contribution in [0.3, 0.4) is 0 Å². The molecule has 0 aliphatic carbocycles. The lowest BCUT2D eigenvalue weighted by atomic mass is 9.98. The van der Waals surface area contributed by atoms with Gasteiger partial charge < -0.3 is 0 Å². The number of benzene rings is 2. The molecule has 152 valence electrons. The van der Waals surface area contributed by atoms with E-state index in [1.165, 1.54) is 0 Å². The highest BCUT2D eigenvalue weighted by molar-refractivity contribution is 7.92. The molecule has 3 aromatic rings. The summed E-state index contributed by atoms with van der Waals surface area (Å²) in [4.78, 5) is 4.39. The predicted molar refractivity (Wildman–Crippen MR) is 125 cm³/mol. The minimum atomic E-state index is -3.71. The first-order chi connectivity index (χ1) is 14.4. The second-order valence-corrected chi connectivity index (χ2v) is 8.59. The normalized spacial score (nSPS) is 11.7. The Morgan fingerprint density at radius 1 is 0.967 bits per heavy atom. The average molecular weight is 417 g/mol. The average Bonchev–Trinajstić information content (AvgIpc) is 2.73. The Morgan fingerprint density at radius 3 is 2.30 bits per heavy atom. The van der Waals surface area contributed by atoms with Gasteiger partial charge >= 0.3 is 0 Å². The fourth-order valence-electron chi connectivity index (χ4n) is 3.23. The molecular weight excluding hydrogens is 392 g/mol. The quantitative estimate of drug-likeness (QED) is 0.486. The lowest BCUT2D eigenvalue weighted by molar-refractivity contribution is 0.601. The number of allylic oxidation sites excluding steroid dienone is 4. The first-order valence-corrected chi connectivity index (χ1v) is 10.9. The van der Waals surface area contributed by atoms with E-state index in [1.54, 1.807) is 48.7 Å². The summed E-state index contributed by atoms with van der Waals surface area (Å²) >= 11 is 0. The zero-order valence-corrected chi connectivity index (χ0v) is 17.9. The largest absolute Gasteiger partial charge is 0.280 e. The highest BCUT2D eigenvalue weighted by Gasteiger charge is 2.15. The molecule has 0 saturated heterocycles. The fourth-order valence-corrected chi connectivity index (χ4v) is 4.27. The van der Waals surface area contributed by atoms with Gasteiger partial charge in [0.05, 0.1) is 4.90 Å². The zero-order chi connectivity index (χ0) is 21.7. The Labute approximate surface area is 178 Å². The SMILES string of the molecule is C=C/C=C(\C=C)c1ccc(S(=O)(=O)Nc2ccc(-c3cnccc3C)c(C)c2)cc1. The molecule has 0 unspecified atom stereocenters. The topological polar surface area (TPSA) is 59.1 Å². The van der Waals surface area contributed by atoms with E-state index >= 15 is 0 Å². The number of hydrogen-bond acceptors (Lipinski definition) is 3. The molecule has 5 heteroatoms. The maximum Gasteiger partial charge on any atom is 0.261 e. The van der Waals surface area contributed by atoms with Crippen molar-refractivity contribution in [2.45, 2.75) is 18.7 Å². The molecule has 0 aliphatic rings. The minimum Gasteiger partial charge on any atom is -0.280 e. The van der Waals surface area contributed by atoms with Gasteiger partial charge in [0.1, 0.15) is 0 Å². The summed E-state index contributed by atoms with van der Waals surface area (Å²) < 4.78 is 28.3. The molecule has 0 bridgehead atoms. The second kappa shape index (κ2) is 8.93. The van der Waals surface area contributed by atoms with Crippen LogP contribution in [0.25, 0.3) is 16.7 Å². The van der Waals surface area contributed by atoms with Gasteiger partial charge in [-0.3, -0.25) is 9.71 Å². The molecule has 4 nitrogen and oxygen atoms in total. The molecule has 1 N–H and O–H groups in total. The van der Waals surface area contributed by atoms with Crippen LogP contribution in [0, 0.1) is 13.8 Å². The summed E-state index contributed by atoms with van der Waals surface area (Å²) in [5.41, 5.74) is 6.40. The molecule has 0 spiro atoms. The molecule has 1 aromatic heterocycles. The molecule has 0 aliphatic heterocycles. The molecule has 3 rings (SSSR count). The van der Waals surface area contributed by atoms with Crippen LogP contribution in [0.4, 0.5) is 5.69 Å². The molecular formula is C25H24N2O2S. The van der Waals surface area contributed by atoms with Crippen molar-refractivity contribution in [3.8, 4) is 11.1 Å². The van der Waals surface area contributed by atoms with Crippen LogP contribution in [0.1, 0.15) is 16.7 Å². The van der Waals surface area contributed by atoms with E-state index in [9.17, 15) is 8.42 Å². The summed E-state index contributed by atoms with van der Waals surface area (Å²) in [5.74, 6) is 0. The second-order valence-electron chi connectivity index (χ2n) is 6.91. The van der Waals surface area contributed by atoms with E-state index in [1.807, 2.05) is 44.3 Å². The maximum absolute atomic E-state index is 12.8. The molecule has 1 heterocycles. The third-order valence-corrected chi connectivity index (χ3v) is 6.22. The van der Waals surface area contributed by atoms with Crippen molar-refractivity contribution < 1.29 is 8.42 Å². The van der Waals surface area contributed by atoms with Crippen LogP contribution in [0.15, 0.2) is 97.2 Å². The van der Waals surface area contributed by atoms with Crippen molar-refractivity contribution in [1.82, 2.24) is 4.98 Å². The Balaban J connectivity index is 1.86. The summed E-state index contributed by atoms with van der Waals surface area (Å²) in [6.07, 6.45) is 8.78. The Kier molecular flexibility index (Phi) is 6.33. The summed E-state index contributed by atoms with van der Waals surface area (Å²) in [7, 11) is -3.71. The smallest absolute Gasteiger partial charge is 0.261 e. The third-order valence-electron chi connectivity index (χ3n) is 4.82. The standard InChI is InChI=1S/C25H24N2O2S/c1-5-7-20(6-2)21-8-11-23(12-9-21)30(28,29)27-22-10-13-24(19(4)16-22)25-17-26-15-14-18(25)3/h5-17,27H,1-2H2,3-4H3/b20-7+. The van der Waals surface area contributed by atoms with Gasteiger partial charge in [-0.05, 0) is 72.0 Å². The molecule has 2 aromatic carbocycles. The van der Waals surface area contributed by atoms with Gasteiger partial charge in [0.25, 0.3) is 10.0 Å². The number of anilines is 1. The van der Waals surface area contributed by atoms with Gasteiger partial charge in [-0.25, -0.2) is 8.42 Å². The lowest BCUT2D eigenvalue weighted by Crippen LogP contribution is -2.13. The number of nitrogens with zero attached hydrogens (tertiary/aromatic N) is 1. The number of sulfonamides is 1. The van der Waals surface area contributed by atoms with E-state index in [0.29, 0.717) is 5.69 Å². The minimum absolute atomic E-state index is 0.193. The van der Waals surface area contributed by atoms with Gasteiger partial charge in [0.15, 0.2) is 0 Å². The van der Waals surface area contributed by atoms with Gasteiger partial charge in [0.2, 0.25) is 0 Å². The van der Waals surface area contributed by atoms with Crippen molar-refractivity contribution in [3.05, 3.63) is 109 Å². The summed E-state index contributed by atoms with van der Waals surface area (Å²) in [5, 5.41) is 0. The number of aromatic nitrogens is 1. The fraction of sp³-hybridized carbons (Fsp3) is 0.0800. The van der Waals surface area contributed by atoms with Crippen molar-refractivity contribution in [3.63, 3.8) is 0 Å². The molecule has 30 heavy (non-hydrogen) atoms. The monoisotopic (exact) mass is 416 g/mol. The third kappa shape index (κ3) is 4.58. The number of aryl methyl sites for hydroxylation is 2. The Hall–Kier alpha value is -3.44. The molecule has 0 radical (unpaired) electrons. The van der Waals surface area contributed by atoms with E-state index in [-0.39, 0.29) is 4.90 Å². The highest BCUT2D eigenvalue weighted by atomic mass is 32.2. The first-order valence-electron chi connectivity index (χ1n) is 9.46. The van der Waals surface area contributed by atoms with E-state index < -0.39 is 10.0 Å². The predicted octanol–water partition coefficient (Wildman–Crippen LogP) is 5.92. The van der Waals surface area contributed by atoms with Crippen molar-refractivity contribution in [1.29, 1.82) is 0 Å². The van der Waals surface area contributed by atoms with Crippen LogP contribution >= 0.6 is 0 Å². The van der Waals surface area contributed by atoms with Crippen LogP contribution < -0.4 is 4.72 Å². The van der Waals surface area contributed by atoms with Gasteiger partial charge in [-0.1, -0.05) is 49.6 Å². The van der Waals surface area contributed by atoms with Crippen LogP contribution in [0.2, 0.25) is 0 Å². The number of pyridine rings is 1. The van der Waals surface area contributed by atoms with E-state index in [4.69, 9.17) is 0 Å². The molecule has 0 fully saturated rings. The summed E-state index contributed by atoms with van der Waals surface area (Å²) in [6, 6.07) is 14.1. The molecule has 0 amide bonds. The van der Waals surface area contributed by atoms with Crippen molar-refractivity contribution in [2.24, 2.45) is 0 Å². The Bertz CT molecular complexity index is 1220. The number of rotatable bonds is 7. The van der Waals surface area contributed by atoms with Gasteiger partial charge in [-0.15, -0.1) is 0 Å². The highest BCUT2D eigenvalue weighted by Crippen LogP contribution is 2.29. The first kappa shape index (κ1) is 21.3.